The Balaban J connectivity index is 2.84. The molecule has 4 atom stereocenters. The van der Waals surface area contributed by atoms with Crippen LogP contribution in [0.2, 0.25) is 0 Å². The predicted molar refractivity (Wildman–Crippen MR) is 125 cm³/mol. The highest BCUT2D eigenvalue weighted by Crippen LogP contribution is 2.10. The van der Waals surface area contributed by atoms with Crippen LogP contribution in [-0.2, 0) is 19.2 Å². The van der Waals surface area contributed by atoms with E-state index in [4.69, 9.17) is 5.73 Å². The molecule has 0 aromatic carbocycles. The van der Waals surface area contributed by atoms with Gasteiger partial charge in [-0.1, -0.05) is 13.8 Å². The summed E-state index contributed by atoms with van der Waals surface area (Å²) in [6.45, 7) is 4.79. The fraction of sp³-hybridized carbons (Fsp3) is 0.810. The molecule has 0 bridgehead atoms. The summed E-state index contributed by atoms with van der Waals surface area (Å²) in [6, 6.07) is -3.06. The van der Waals surface area contributed by atoms with E-state index in [0.717, 1.165) is 13.0 Å². The third kappa shape index (κ3) is 9.74. The molecule has 4 unspecified atom stereocenters. The zero-order valence-corrected chi connectivity index (χ0v) is 20.1. The molecule has 1 rings (SSSR count). The van der Waals surface area contributed by atoms with E-state index < -0.39 is 35.9 Å². The number of carbonyl (C=O) groups excluding carboxylic acids is 3. The van der Waals surface area contributed by atoms with Crippen LogP contribution in [0.15, 0.2) is 0 Å². The molecule has 3 amide bonds. The molecular formula is C21H39N5O5S. The third-order valence-corrected chi connectivity index (χ3v) is 6.07. The van der Waals surface area contributed by atoms with E-state index in [0.29, 0.717) is 38.0 Å². The van der Waals surface area contributed by atoms with Gasteiger partial charge in [-0.15, -0.1) is 0 Å². The van der Waals surface area contributed by atoms with E-state index in [1.54, 1.807) is 13.8 Å². The summed E-state index contributed by atoms with van der Waals surface area (Å²) in [7, 11) is 0. The first-order valence-electron chi connectivity index (χ1n) is 11.3. The SMILES string of the molecule is CSCCC(NC(=O)C(NC(=O)C(CCCCN)NC(=O)C1CCCN1)C(C)C)C(=O)O. The van der Waals surface area contributed by atoms with Gasteiger partial charge in [-0.25, -0.2) is 4.79 Å². The van der Waals surface area contributed by atoms with Crippen molar-refractivity contribution in [1.82, 2.24) is 21.3 Å². The van der Waals surface area contributed by atoms with Gasteiger partial charge in [0.15, 0.2) is 0 Å². The molecular weight excluding hydrogens is 434 g/mol. The average molecular weight is 474 g/mol. The van der Waals surface area contributed by atoms with Crippen molar-refractivity contribution in [3.8, 4) is 0 Å². The van der Waals surface area contributed by atoms with Crippen LogP contribution in [0.3, 0.4) is 0 Å². The van der Waals surface area contributed by atoms with E-state index >= 15 is 0 Å². The summed E-state index contributed by atoms with van der Waals surface area (Å²) in [4.78, 5) is 49.8. The number of rotatable bonds is 15. The van der Waals surface area contributed by atoms with Gasteiger partial charge >= 0.3 is 5.97 Å². The Morgan fingerprint density at radius 2 is 1.78 bits per heavy atom. The summed E-state index contributed by atoms with van der Waals surface area (Å²) < 4.78 is 0. The van der Waals surface area contributed by atoms with Crippen LogP contribution < -0.4 is 27.0 Å². The van der Waals surface area contributed by atoms with Crippen molar-refractivity contribution in [2.45, 2.75) is 76.5 Å². The number of aliphatic carboxylic acids is 1. The Kier molecular flexibility index (Phi) is 13.3. The quantitative estimate of drug-likeness (QED) is 0.178. The van der Waals surface area contributed by atoms with Crippen molar-refractivity contribution in [3.63, 3.8) is 0 Å². The first kappa shape index (κ1) is 28.2. The number of carboxylic acid groups (broad SMARTS) is 1. The highest BCUT2D eigenvalue weighted by atomic mass is 32.2. The molecule has 7 N–H and O–H groups in total. The lowest BCUT2D eigenvalue weighted by molar-refractivity contribution is -0.142. The van der Waals surface area contributed by atoms with E-state index in [2.05, 4.69) is 21.3 Å². The molecule has 1 fully saturated rings. The van der Waals surface area contributed by atoms with Crippen LogP contribution >= 0.6 is 11.8 Å². The lowest BCUT2D eigenvalue weighted by Crippen LogP contribution is -2.58. The van der Waals surface area contributed by atoms with Crippen LogP contribution in [0.5, 0.6) is 0 Å². The van der Waals surface area contributed by atoms with E-state index in [9.17, 15) is 24.3 Å². The van der Waals surface area contributed by atoms with Gasteiger partial charge in [0.1, 0.15) is 18.1 Å². The summed E-state index contributed by atoms with van der Waals surface area (Å²) in [5.74, 6) is -2.04. The van der Waals surface area contributed by atoms with Crippen molar-refractivity contribution in [3.05, 3.63) is 0 Å². The summed E-state index contributed by atoms with van der Waals surface area (Å²) >= 11 is 1.49. The number of amides is 3. The molecule has 10 nitrogen and oxygen atoms in total. The number of unbranched alkanes of at least 4 members (excludes halogenated alkanes) is 1. The fourth-order valence-electron chi connectivity index (χ4n) is 3.49. The second-order valence-corrected chi connectivity index (χ2v) is 9.39. The maximum absolute atomic E-state index is 13.0. The number of hydrogen-bond acceptors (Lipinski definition) is 7. The zero-order chi connectivity index (χ0) is 24.1. The third-order valence-electron chi connectivity index (χ3n) is 5.43. The van der Waals surface area contributed by atoms with Crippen LogP contribution in [0, 0.1) is 5.92 Å². The van der Waals surface area contributed by atoms with Crippen molar-refractivity contribution < 1.29 is 24.3 Å². The van der Waals surface area contributed by atoms with Crippen molar-refractivity contribution in [1.29, 1.82) is 0 Å². The van der Waals surface area contributed by atoms with Gasteiger partial charge in [0.05, 0.1) is 6.04 Å². The second-order valence-electron chi connectivity index (χ2n) is 8.41. The second kappa shape index (κ2) is 15.1. The number of hydrogen-bond donors (Lipinski definition) is 6. The normalized spacial score (nSPS) is 18.6. The summed E-state index contributed by atoms with van der Waals surface area (Å²) in [5, 5.41) is 20.6. The average Bonchev–Trinajstić information content (AvgIpc) is 3.28. The Hall–Kier alpha value is -1.85. The molecule has 11 heteroatoms. The van der Waals surface area contributed by atoms with Gasteiger partial charge in [0, 0.05) is 0 Å². The molecule has 0 radical (unpaired) electrons. The smallest absolute Gasteiger partial charge is 0.326 e. The molecule has 1 heterocycles. The fourth-order valence-corrected chi connectivity index (χ4v) is 3.96. The van der Waals surface area contributed by atoms with Gasteiger partial charge in [-0.2, -0.15) is 11.8 Å². The Morgan fingerprint density at radius 3 is 2.31 bits per heavy atom. The van der Waals surface area contributed by atoms with Crippen molar-refractivity contribution >= 4 is 35.5 Å². The maximum atomic E-state index is 13.0. The van der Waals surface area contributed by atoms with Crippen LogP contribution in [0.25, 0.3) is 0 Å². The molecule has 1 aliphatic heterocycles. The molecule has 184 valence electrons. The molecule has 0 aliphatic carbocycles. The van der Waals surface area contributed by atoms with Crippen LogP contribution in [-0.4, -0.2) is 78.1 Å². The first-order chi connectivity index (χ1) is 15.2. The lowest BCUT2D eigenvalue weighted by atomic mass is 10.0. The number of nitrogens with one attached hydrogen (secondary N) is 4. The number of thioether (sulfide) groups is 1. The maximum Gasteiger partial charge on any atom is 0.326 e. The van der Waals surface area contributed by atoms with E-state index in [1.165, 1.54) is 11.8 Å². The van der Waals surface area contributed by atoms with Crippen molar-refractivity contribution in [2.75, 3.05) is 25.1 Å². The van der Waals surface area contributed by atoms with Crippen LogP contribution in [0.1, 0.15) is 52.4 Å². The first-order valence-corrected chi connectivity index (χ1v) is 12.7. The Bertz CT molecular complexity index is 628. The minimum absolute atomic E-state index is 0.232. The highest BCUT2D eigenvalue weighted by Gasteiger charge is 2.32. The number of carboxylic acids is 1. The van der Waals surface area contributed by atoms with Gasteiger partial charge in [0.25, 0.3) is 0 Å². The molecule has 0 saturated carbocycles. The number of carbonyl (C=O) groups is 4. The zero-order valence-electron chi connectivity index (χ0n) is 19.3. The van der Waals surface area contributed by atoms with Crippen molar-refractivity contribution in [2.24, 2.45) is 11.7 Å². The van der Waals surface area contributed by atoms with E-state index in [-0.39, 0.29) is 24.3 Å². The number of nitrogens with two attached hydrogens (primary N) is 1. The molecule has 32 heavy (non-hydrogen) atoms. The lowest BCUT2D eigenvalue weighted by Gasteiger charge is -2.27. The molecule has 0 spiro atoms. The minimum atomic E-state index is -1.11. The van der Waals surface area contributed by atoms with Gasteiger partial charge < -0.3 is 32.1 Å². The van der Waals surface area contributed by atoms with Gasteiger partial charge in [0.2, 0.25) is 17.7 Å². The molecule has 1 saturated heterocycles. The van der Waals surface area contributed by atoms with E-state index in [1.807, 2.05) is 6.26 Å². The topological polar surface area (TPSA) is 163 Å². The highest BCUT2D eigenvalue weighted by molar-refractivity contribution is 7.98. The molecule has 0 aromatic heterocycles. The summed E-state index contributed by atoms with van der Waals surface area (Å²) in [5.41, 5.74) is 5.56. The monoisotopic (exact) mass is 473 g/mol. The molecule has 0 aromatic rings. The Morgan fingerprint density at radius 1 is 1.06 bits per heavy atom. The standard InChI is InChI=1S/C21H39N5O5S/c1-13(2)17(20(29)25-16(21(30)31)9-12-32-3)26-19(28)15(7-4-5-10-22)24-18(27)14-8-6-11-23-14/h13-17,23H,4-12,22H2,1-3H3,(H,24,27)(H,25,29)(H,26,28)(H,30,31). The van der Waals surface area contributed by atoms with Gasteiger partial charge in [-0.05, 0) is 69.5 Å². The molecule has 1 aliphatic rings. The largest absolute Gasteiger partial charge is 0.480 e. The van der Waals surface area contributed by atoms with Gasteiger partial charge in [-0.3, -0.25) is 14.4 Å². The minimum Gasteiger partial charge on any atom is -0.480 e. The Labute approximate surface area is 194 Å². The summed E-state index contributed by atoms with van der Waals surface area (Å²) in [6.07, 6.45) is 5.53. The predicted octanol–water partition coefficient (Wildman–Crippen LogP) is -0.184. The van der Waals surface area contributed by atoms with Crippen LogP contribution in [0.4, 0.5) is 0 Å².